The van der Waals surface area contributed by atoms with Crippen LogP contribution in [-0.4, -0.2) is 110 Å². The smallest absolute Gasteiger partial charge is 0.414 e. The van der Waals surface area contributed by atoms with Crippen molar-refractivity contribution in [2.45, 2.75) is 37.7 Å². The van der Waals surface area contributed by atoms with Crippen LogP contribution in [-0.2, 0) is 43.2 Å². The van der Waals surface area contributed by atoms with Crippen molar-refractivity contribution in [2.75, 3.05) is 0 Å². The molecule has 0 fully saturated rings. The van der Waals surface area contributed by atoms with Crippen molar-refractivity contribution in [2.24, 2.45) is 0 Å². The average Bonchev–Trinajstić information content (AvgIpc) is 2.58. The summed E-state index contributed by atoms with van der Waals surface area (Å²) in [7, 11) is 0. The number of aliphatic carboxylic acids is 9. The van der Waals surface area contributed by atoms with Gasteiger partial charge in [-0.15, -0.1) is 0 Å². The lowest BCUT2D eigenvalue weighted by molar-refractivity contribution is -0.170. The van der Waals surface area contributed by atoms with Crippen LogP contribution < -0.4 is 0 Å². The van der Waals surface area contributed by atoms with Crippen molar-refractivity contribution < 1.29 is 94.2 Å². The maximum Gasteiger partial charge on any atom is 0.414 e. The Bertz CT molecular complexity index is 725. The maximum atomic E-state index is 10.3. The molecule has 0 rings (SSSR count). The second-order valence-corrected chi connectivity index (χ2v) is 5.34. The van der Waals surface area contributed by atoms with Crippen LogP contribution in [0.25, 0.3) is 0 Å². The highest BCUT2D eigenvalue weighted by molar-refractivity contribution is 6.27. The van der Waals surface area contributed by atoms with Crippen LogP contribution in [0.15, 0.2) is 0 Å². The average molecular weight is 504 g/mol. The first-order valence-electron chi connectivity index (χ1n) is 7.90. The Hall–Kier alpha value is -4.81. The minimum atomic E-state index is -2.74. The highest BCUT2D eigenvalue weighted by Gasteiger charge is 2.40. The topological polar surface area (TPSA) is 356 Å². The number of hydrogen-bond acceptors (Lipinski definition) is 10. The molecule has 19 heteroatoms. The van der Waals surface area contributed by atoms with E-state index in [4.69, 9.17) is 60.7 Å². The highest BCUT2D eigenvalue weighted by Crippen LogP contribution is 2.15. The van der Waals surface area contributed by atoms with E-state index in [2.05, 4.69) is 0 Å². The Labute approximate surface area is 186 Å². The van der Waals surface area contributed by atoms with Gasteiger partial charge in [0.05, 0.1) is 25.7 Å². The van der Waals surface area contributed by atoms with Gasteiger partial charge in [-0.2, -0.15) is 0 Å². The molecular weight excluding hydrogens is 484 g/mol. The van der Waals surface area contributed by atoms with Crippen molar-refractivity contribution in [3.8, 4) is 0 Å². The van der Waals surface area contributed by atoms with Crippen molar-refractivity contribution in [3.05, 3.63) is 0 Å². The lowest BCUT2D eigenvalue weighted by Gasteiger charge is -2.18. The van der Waals surface area contributed by atoms with E-state index in [9.17, 15) is 33.6 Å². The molecule has 0 aliphatic heterocycles. The molecular formula is C15H20O19. The van der Waals surface area contributed by atoms with E-state index in [1.54, 1.807) is 0 Å². The largest absolute Gasteiger partial charge is 0.481 e. The van der Waals surface area contributed by atoms with Crippen molar-refractivity contribution in [1.29, 1.82) is 0 Å². The summed E-state index contributed by atoms with van der Waals surface area (Å²) in [6.07, 6.45) is -3.69. The Kier molecular flexibility index (Phi) is 20.3. The van der Waals surface area contributed by atoms with Crippen molar-refractivity contribution in [1.82, 2.24) is 0 Å². The summed E-state index contributed by atoms with van der Waals surface area (Å²) in [5.74, 6) is -13.4. The Morgan fingerprint density at radius 1 is 0.441 bits per heavy atom. The van der Waals surface area contributed by atoms with Gasteiger partial charge in [-0.05, 0) is 0 Å². The molecule has 19 nitrogen and oxygen atoms in total. The van der Waals surface area contributed by atoms with E-state index < -0.39 is 78.6 Å². The molecule has 0 amide bonds. The van der Waals surface area contributed by atoms with Crippen molar-refractivity contribution >= 4 is 53.7 Å². The van der Waals surface area contributed by atoms with Gasteiger partial charge in [-0.3, -0.25) is 28.8 Å². The van der Waals surface area contributed by atoms with E-state index in [0.717, 1.165) is 0 Å². The van der Waals surface area contributed by atoms with Gasteiger partial charge in [0.1, 0.15) is 6.42 Å². The van der Waals surface area contributed by atoms with E-state index in [-0.39, 0.29) is 12.8 Å². The molecule has 0 unspecified atom stereocenters. The number of aliphatic hydroxyl groups is 1. The molecule has 0 aliphatic rings. The van der Waals surface area contributed by atoms with Gasteiger partial charge in [0, 0.05) is 0 Å². The predicted octanol–water partition coefficient (Wildman–Crippen LogP) is -2.61. The van der Waals surface area contributed by atoms with E-state index in [1.807, 2.05) is 0 Å². The van der Waals surface area contributed by atoms with E-state index >= 15 is 0 Å². The van der Waals surface area contributed by atoms with E-state index in [0.29, 0.717) is 0 Å². The van der Waals surface area contributed by atoms with Crippen molar-refractivity contribution in [3.63, 3.8) is 0 Å². The monoisotopic (exact) mass is 504 g/mol. The number of hydrogen-bond donors (Lipinski definition) is 10. The minimum Gasteiger partial charge on any atom is -0.481 e. The standard InChI is InChI=1S/C6H8O7.C4H6O4.C3H4O4.C2H2O4/c7-3(8)1-6(13,5(11)12)2-4(9)10;5-3(6)1-2-4(7)8;4-2(5)1-3(6)7;3-1(4)2(5)6/h13H,1-2H2,(H,7,8)(H,9,10)(H,11,12);1-2H2,(H,5,6)(H,7,8);1H2,(H,4,5)(H,6,7);(H,3,4)(H,5,6). The van der Waals surface area contributed by atoms with Gasteiger partial charge in [-0.25, -0.2) is 14.4 Å². The Balaban J connectivity index is -0.000000186. The molecule has 0 aliphatic carbocycles. The predicted molar refractivity (Wildman–Crippen MR) is 96.8 cm³/mol. The van der Waals surface area contributed by atoms with Gasteiger partial charge >= 0.3 is 53.7 Å². The lowest BCUT2D eigenvalue weighted by atomic mass is 9.96. The highest BCUT2D eigenvalue weighted by atomic mass is 16.4. The van der Waals surface area contributed by atoms with Crippen LogP contribution in [0.1, 0.15) is 32.1 Å². The summed E-state index contributed by atoms with van der Waals surface area (Å²) in [6, 6.07) is 0. The summed E-state index contributed by atoms with van der Waals surface area (Å²) in [5.41, 5.74) is -2.74. The second kappa shape index (κ2) is 18.9. The summed E-state index contributed by atoms with van der Waals surface area (Å²) < 4.78 is 0. The number of rotatable bonds is 10. The van der Waals surface area contributed by atoms with Crippen LogP contribution in [0.4, 0.5) is 0 Å². The summed E-state index contributed by atoms with van der Waals surface area (Å²) >= 11 is 0. The molecule has 0 saturated carbocycles. The number of carboxylic acid groups (broad SMARTS) is 9. The normalized spacial score (nSPS) is 9.09. The summed E-state index contributed by atoms with van der Waals surface area (Å²) in [6.45, 7) is 0. The lowest BCUT2D eigenvalue weighted by Crippen LogP contribution is -2.42. The molecule has 0 spiro atoms. The van der Waals surface area contributed by atoms with Gasteiger partial charge in [0.2, 0.25) is 0 Å². The van der Waals surface area contributed by atoms with Gasteiger partial charge in [0.25, 0.3) is 0 Å². The van der Waals surface area contributed by atoms with Crippen LogP contribution >= 0.6 is 0 Å². The molecule has 0 aromatic heterocycles. The van der Waals surface area contributed by atoms with E-state index in [1.165, 1.54) is 0 Å². The molecule has 0 aromatic carbocycles. The fourth-order valence-corrected chi connectivity index (χ4v) is 1.06. The molecule has 0 aromatic rings. The SMILES string of the molecule is O=C(O)C(=O)O.O=C(O)CC(=O)O.O=C(O)CC(O)(CC(=O)O)C(=O)O.O=C(O)CCC(=O)O. The first-order chi connectivity index (χ1) is 15.2. The van der Waals surface area contributed by atoms with Crippen LogP contribution in [0.5, 0.6) is 0 Å². The molecule has 34 heavy (non-hydrogen) atoms. The molecule has 0 heterocycles. The first-order valence-corrected chi connectivity index (χ1v) is 7.90. The van der Waals surface area contributed by atoms with Crippen LogP contribution in [0.2, 0.25) is 0 Å². The fourth-order valence-electron chi connectivity index (χ4n) is 1.06. The molecule has 0 atom stereocenters. The third-order valence-electron chi connectivity index (χ3n) is 2.32. The Morgan fingerprint density at radius 3 is 0.794 bits per heavy atom. The van der Waals surface area contributed by atoms with Gasteiger partial charge < -0.3 is 51.1 Å². The van der Waals surface area contributed by atoms with Crippen LogP contribution in [0, 0.1) is 0 Å². The molecule has 0 saturated heterocycles. The number of carboxylic acids is 9. The quantitative estimate of drug-likeness (QED) is 0.107. The summed E-state index contributed by atoms with van der Waals surface area (Å²) in [4.78, 5) is 86.8. The molecule has 194 valence electrons. The third-order valence-corrected chi connectivity index (χ3v) is 2.32. The molecule has 0 bridgehead atoms. The first kappa shape index (κ1) is 36.6. The van der Waals surface area contributed by atoms with Gasteiger partial charge in [0.15, 0.2) is 5.60 Å². The Morgan fingerprint density at radius 2 is 0.706 bits per heavy atom. The number of carbonyl (C=O) groups is 9. The second-order valence-electron chi connectivity index (χ2n) is 5.34. The zero-order chi connectivity index (χ0) is 28.2. The third kappa shape index (κ3) is 31.9. The fraction of sp³-hybridized carbons (Fsp3) is 0.400. The zero-order valence-corrected chi connectivity index (χ0v) is 16.7. The minimum absolute atomic E-state index is 0.296. The summed E-state index contributed by atoms with van der Waals surface area (Å²) in [5, 5.41) is 79.8. The van der Waals surface area contributed by atoms with Crippen LogP contribution in [0.3, 0.4) is 0 Å². The zero-order valence-electron chi connectivity index (χ0n) is 16.7. The maximum absolute atomic E-state index is 10.3. The van der Waals surface area contributed by atoms with Gasteiger partial charge in [-0.1, -0.05) is 0 Å². The molecule has 10 N–H and O–H groups in total. The molecule has 0 radical (unpaired) electrons.